The maximum Gasteiger partial charge on any atom is 0.417 e. The lowest BCUT2D eigenvalue weighted by Crippen LogP contribution is -2.24. The third kappa shape index (κ3) is 5.44. The van der Waals surface area contributed by atoms with Crippen LogP contribution < -0.4 is 5.32 Å². The summed E-state index contributed by atoms with van der Waals surface area (Å²) in [5, 5.41) is 11.5. The van der Waals surface area contributed by atoms with E-state index < -0.39 is 29.0 Å². The summed E-state index contributed by atoms with van der Waals surface area (Å²) in [6, 6.07) is 6.86. The first-order valence-corrected chi connectivity index (χ1v) is 8.74. The molecular weight excluding hydrogens is 382 g/mol. The van der Waals surface area contributed by atoms with E-state index in [9.17, 15) is 22.4 Å². The lowest BCUT2D eigenvalue weighted by atomic mass is 10.1. The van der Waals surface area contributed by atoms with Gasteiger partial charge in [-0.2, -0.15) is 18.4 Å². The van der Waals surface area contributed by atoms with E-state index in [1.54, 1.807) is 19.1 Å². The monoisotopic (exact) mass is 397 g/mol. The fourth-order valence-electron chi connectivity index (χ4n) is 2.21. The molecule has 0 aliphatic heterocycles. The summed E-state index contributed by atoms with van der Waals surface area (Å²) in [6.07, 6.45) is -4.69. The molecule has 142 valence electrons. The number of thioether (sulfide) groups is 1. The molecule has 0 spiro atoms. The average molecular weight is 397 g/mol. The Labute approximate surface area is 157 Å². The molecule has 1 amide bonds. The molecule has 0 atom stereocenters. The zero-order valence-corrected chi connectivity index (χ0v) is 15.3. The van der Waals surface area contributed by atoms with Crippen LogP contribution in [0.5, 0.6) is 0 Å². The number of rotatable bonds is 5. The Bertz CT molecular complexity index is 907. The summed E-state index contributed by atoms with van der Waals surface area (Å²) in [5.41, 5.74) is -0.542. The summed E-state index contributed by atoms with van der Waals surface area (Å²) in [7, 11) is 0. The van der Waals surface area contributed by atoms with Crippen LogP contribution in [0, 0.1) is 31.0 Å². The molecule has 0 aliphatic carbocycles. The van der Waals surface area contributed by atoms with Crippen LogP contribution >= 0.6 is 11.8 Å². The van der Waals surface area contributed by atoms with Crippen molar-refractivity contribution in [2.24, 2.45) is 0 Å². The van der Waals surface area contributed by atoms with E-state index in [0.717, 1.165) is 17.8 Å². The van der Waals surface area contributed by atoms with Crippen molar-refractivity contribution >= 4 is 17.7 Å². The van der Waals surface area contributed by atoms with Crippen LogP contribution in [0.3, 0.4) is 0 Å². The van der Waals surface area contributed by atoms with Gasteiger partial charge in [-0.25, -0.2) is 9.37 Å². The highest BCUT2D eigenvalue weighted by molar-refractivity contribution is 8.00. The van der Waals surface area contributed by atoms with Crippen molar-refractivity contribution in [3.8, 4) is 6.07 Å². The molecule has 1 heterocycles. The number of hydrogen-bond acceptors (Lipinski definition) is 4. The van der Waals surface area contributed by atoms with Gasteiger partial charge in [-0.15, -0.1) is 0 Å². The zero-order valence-electron chi connectivity index (χ0n) is 14.4. The lowest BCUT2D eigenvalue weighted by Gasteiger charge is -2.12. The van der Waals surface area contributed by atoms with E-state index in [0.29, 0.717) is 11.1 Å². The van der Waals surface area contributed by atoms with Gasteiger partial charge in [0.05, 0.1) is 16.9 Å². The van der Waals surface area contributed by atoms with Gasteiger partial charge in [-0.3, -0.25) is 4.79 Å². The van der Waals surface area contributed by atoms with Gasteiger partial charge in [0, 0.05) is 12.2 Å². The molecule has 4 nitrogen and oxygen atoms in total. The number of nitrogens with zero attached hydrogens (tertiary/aromatic N) is 2. The number of aryl methyl sites for hydroxylation is 2. The van der Waals surface area contributed by atoms with Crippen molar-refractivity contribution in [2.75, 3.05) is 5.75 Å². The molecule has 1 N–H and O–H groups in total. The molecule has 0 aliphatic rings. The summed E-state index contributed by atoms with van der Waals surface area (Å²) >= 11 is 0.745. The van der Waals surface area contributed by atoms with E-state index in [-0.39, 0.29) is 23.0 Å². The van der Waals surface area contributed by atoms with Crippen LogP contribution in [-0.2, 0) is 17.5 Å². The Morgan fingerprint density at radius 1 is 1.30 bits per heavy atom. The third-order valence-electron chi connectivity index (χ3n) is 3.60. The number of halogens is 4. The highest BCUT2D eigenvalue weighted by atomic mass is 32.2. The highest BCUT2D eigenvalue weighted by Gasteiger charge is 2.35. The van der Waals surface area contributed by atoms with Crippen molar-refractivity contribution in [2.45, 2.75) is 31.6 Å². The second kappa shape index (κ2) is 8.39. The minimum absolute atomic E-state index is 0.0801. The number of amides is 1. The number of nitriles is 1. The van der Waals surface area contributed by atoms with Crippen LogP contribution in [-0.4, -0.2) is 16.6 Å². The second-order valence-corrected chi connectivity index (χ2v) is 6.71. The molecule has 1 aromatic carbocycles. The van der Waals surface area contributed by atoms with Crippen molar-refractivity contribution in [3.63, 3.8) is 0 Å². The van der Waals surface area contributed by atoms with Gasteiger partial charge in [0.15, 0.2) is 0 Å². The fourth-order valence-corrected chi connectivity index (χ4v) is 3.09. The van der Waals surface area contributed by atoms with E-state index in [1.165, 1.54) is 19.1 Å². The predicted molar refractivity (Wildman–Crippen MR) is 92.4 cm³/mol. The molecule has 0 bridgehead atoms. The first-order chi connectivity index (χ1) is 12.6. The molecular formula is C18H15F4N3OS. The number of hydrogen-bond donors (Lipinski definition) is 1. The molecule has 0 saturated heterocycles. The van der Waals surface area contributed by atoms with Crippen molar-refractivity contribution < 1.29 is 22.4 Å². The maximum atomic E-state index is 13.5. The Morgan fingerprint density at radius 2 is 2.00 bits per heavy atom. The van der Waals surface area contributed by atoms with Crippen LogP contribution in [0.25, 0.3) is 0 Å². The van der Waals surface area contributed by atoms with Crippen molar-refractivity contribution in [1.82, 2.24) is 10.3 Å². The molecule has 9 heteroatoms. The molecule has 2 aromatic rings. The van der Waals surface area contributed by atoms with Crippen LogP contribution in [0.2, 0.25) is 0 Å². The standard InChI is InChI=1S/C18H15F4N3OS/c1-10-3-4-12(6-15(10)19)8-24-16(26)9-27-17-13(7-23)14(18(20,21)22)5-11(2)25-17/h3-6H,8-9H2,1-2H3,(H,24,26). The maximum absolute atomic E-state index is 13.5. The van der Waals surface area contributed by atoms with Crippen molar-refractivity contribution in [3.05, 3.63) is 58.0 Å². The number of benzene rings is 1. The van der Waals surface area contributed by atoms with Gasteiger partial charge < -0.3 is 5.32 Å². The number of carbonyl (C=O) groups is 1. The van der Waals surface area contributed by atoms with Crippen LogP contribution in [0.15, 0.2) is 29.3 Å². The Balaban J connectivity index is 2.05. The first-order valence-electron chi connectivity index (χ1n) is 7.75. The lowest BCUT2D eigenvalue weighted by molar-refractivity contribution is -0.138. The Morgan fingerprint density at radius 3 is 2.59 bits per heavy atom. The molecule has 0 saturated carbocycles. The van der Waals surface area contributed by atoms with Gasteiger partial charge in [-0.05, 0) is 37.1 Å². The van der Waals surface area contributed by atoms with Crippen LogP contribution in [0.1, 0.15) is 27.9 Å². The van der Waals surface area contributed by atoms with Crippen LogP contribution in [0.4, 0.5) is 17.6 Å². The SMILES string of the molecule is Cc1cc(C(F)(F)F)c(C#N)c(SCC(=O)NCc2ccc(C)c(F)c2)n1. The normalized spacial score (nSPS) is 11.1. The second-order valence-electron chi connectivity index (χ2n) is 5.75. The molecule has 0 radical (unpaired) electrons. The number of carbonyl (C=O) groups excluding carboxylic acids is 1. The van der Waals surface area contributed by atoms with Gasteiger partial charge in [-0.1, -0.05) is 23.9 Å². The molecule has 0 unspecified atom stereocenters. The summed E-state index contributed by atoms with van der Waals surface area (Å²) in [5.74, 6) is -1.09. The summed E-state index contributed by atoms with van der Waals surface area (Å²) in [6.45, 7) is 3.08. The van der Waals surface area contributed by atoms with E-state index in [2.05, 4.69) is 10.3 Å². The quantitative estimate of drug-likeness (QED) is 0.608. The molecule has 2 rings (SSSR count). The topological polar surface area (TPSA) is 65.8 Å². The predicted octanol–water partition coefficient (Wildman–Crippen LogP) is 4.14. The number of nitrogens with one attached hydrogen (secondary N) is 1. The number of alkyl halides is 3. The zero-order chi connectivity index (χ0) is 20.2. The van der Waals surface area contributed by atoms with E-state index >= 15 is 0 Å². The largest absolute Gasteiger partial charge is 0.417 e. The molecule has 27 heavy (non-hydrogen) atoms. The van der Waals surface area contributed by atoms with E-state index in [4.69, 9.17) is 5.26 Å². The Kier molecular flexibility index (Phi) is 6.44. The van der Waals surface area contributed by atoms with Crippen molar-refractivity contribution in [1.29, 1.82) is 5.26 Å². The van der Waals surface area contributed by atoms with Gasteiger partial charge in [0.1, 0.15) is 16.9 Å². The molecule has 0 fully saturated rings. The number of pyridine rings is 1. The Hall–Kier alpha value is -2.60. The van der Waals surface area contributed by atoms with Gasteiger partial charge in [0.25, 0.3) is 0 Å². The first kappa shape index (κ1) is 20.7. The third-order valence-corrected chi connectivity index (χ3v) is 4.57. The highest BCUT2D eigenvalue weighted by Crippen LogP contribution is 2.35. The average Bonchev–Trinajstić information content (AvgIpc) is 2.59. The summed E-state index contributed by atoms with van der Waals surface area (Å²) < 4.78 is 52.7. The van der Waals surface area contributed by atoms with E-state index in [1.807, 2.05) is 0 Å². The minimum Gasteiger partial charge on any atom is -0.351 e. The smallest absolute Gasteiger partial charge is 0.351 e. The fraction of sp³-hybridized carbons (Fsp3) is 0.278. The van der Waals surface area contributed by atoms with Gasteiger partial charge in [0.2, 0.25) is 5.91 Å². The number of aromatic nitrogens is 1. The summed E-state index contributed by atoms with van der Waals surface area (Å²) in [4.78, 5) is 15.9. The molecule has 1 aromatic heterocycles. The van der Waals surface area contributed by atoms with Gasteiger partial charge >= 0.3 is 6.18 Å². The minimum atomic E-state index is -4.69.